The molecule has 0 amide bonds. The molecule has 0 radical (unpaired) electrons. The average Bonchev–Trinajstić information content (AvgIpc) is 2.97. The number of hydrogen-bond donors (Lipinski definition) is 1. The van der Waals surface area contributed by atoms with Crippen molar-refractivity contribution < 1.29 is 4.74 Å². The molecule has 1 heterocycles. The van der Waals surface area contributed by atoms with Gasteiger partial charge in [-0.05, 0) is 23.8 Å². The van der Waals surface area contributed by atoms with Crippen LogP contribution in [-0.2, 0) is 4.74 Å². The SMILES string of the molecule is CCC(CC)C(NCC1CCOC1)c1ccccc1. The maximum Gasteiger partial charge on any atom is 0.0507 e. The third kappa shape index (κ3) is 4.05. The minimum absolute atomic E-state index is 0.483. The largest absolute Gasteiger partial charge is 0.381 e. The summed E-state index contributed by atoms with van der Waals surface area (Å²) in [6.45, 7) is 7.54. The number of ether oxygens (including phenoxy) is 1. The van der Waals surface area contributed by atoms with Gasteiger partial charge in [0.2, 0.25) is 0 Å². The molecule has 0 spiro atoms. The van der Waals surface area contributed by atoms with Crippen LogP contribution in [-0.4, -0.2) is 19.8 Å². The van der Waals surface area contributed by atoms with Crippen molar-refractivity contribution in [1.82, 2.24) is 5.32 Å². The monoisotopic (exact) mass is 261 g/mol. The van der Waals surface area contributed by atoms with Crippen molar-refractivity contribution in [3.63, 3.8) is 0 Å². The van der Waals surface area contributed by atoms with Crippen molar-refractivity contribution >= 4 is 0 Å². The topological polar surface area (TPSA) is 21.3 Å². The third-order valence-corrected chi connectivity index (χ3v) is 4.33. The minimum Gasteiger partial charge on any atom is -0.381 e. The summed E-state index contributed by atoms with van der Waals surface area (Å²) >= 11 is 0. The molecule has 1 fully saturated rings. The van der Waals surface area contributed by atoms with Gasteiger partial charge in [-0.1, -0.05) is 57.0 Å². The van der Waals surface area contributed by atoms with Crippen LogP contribution >= 0.6 is 0 Å². The fraction of sp³-hybridized carbons (Fsp3) is 0.647. The van der Waals surface area contributed by atoms with Gasteiger partial charge in [0, 0.05) is 19.2 Å². The number of hydrogen-bond acceptors (Lipinski definition) is 2. The zero-order chi connectivity index (χ0) is 13.5. The molecule has 2 nitrogen and oxygen atoms in total. The van der Waals surface area contributed by atoms with E-state index in [9.17, 15) is 0 Å². The van der Waals surface area contributed by atoms with Crippen molar-refractivity contribution in [1.29, 1.82) is 0 Å². The Balaban J connectivity index is 2.01. The van der Waals surface area contributed by atoms with Crippen LogP contribution in [0.15, 0.2) is 30.3 Å². The van der Waals surface area contributed by atoms with E-state index < -0.39 is 0 Å². The Hall–Kier alpha value is -0.860. The van der Waals surface area contributed by atoms with Gasteiger partial charge in [0.15, 0.2) is 0 Å². The summed E-state index contributed by atoms with van der Waals surface area (Å²) in [5.74, 6) is 1.41. The van der Waals surface area contributed by atoms with Crippen molar-refractivity contribution in [3.05, 3.63) is 35.9 Å². The maximum atomic E-state index is 5.47. The van der Waals surface area contributed by atoms with Crippen molar-refractivity contribution in [2.75, 3.05) is 19.8 Å². The minimum atomic E-state index is 0.483. The van der Waals surface area contributed by atoms with Crippen LogP contribution in [0.2, 0.25) is 0 Å². The fourth-order valence-corrected chi connectivity index (χ4v) is 3.02. The summed E-state index contributed by atoms with van der Waals surface area (Å²) in [7, 11) is 0. The smallest absolute Gasteiger partial charge is 0.0507 e. The molecular weight excluding hydrogens is 234 g/mol. The number of rotatable bonds is 7. The van der Waals surface area contributed by atoms with E-state index in [1.807, 2.05) is 0 Å². The predicted octanol–water partition coefficient (Wildman–Crippen LogP) is 3.79. The average molecular weight is 261 g/mol. The summed E-state index contributed by atoms with van der Waals surface area (Å²) in [4.78, 5) is 0. The quantitative estimate of drug-likeness (QED) is 0.806. The molecule has 1 aliphatic heterocycles. The highest BCUT2D eigenvalue weighted by molar-refractivity contribution is 5.19. The van der Waals surface area contributed by atoms with E-state index in [1.165, 1.54) is 24.8 Å². The molecule has 0 aliphatic carbocycles. The van der Waals surface area contributed by atoms with Crippen LogP contribution in [0, 0.1) is 11.8 Å². The zero-order valence-corrected chi connectivity index (χ0v) is 12.3. The Morgan fingerprint density at radius 3 is 2.53 bits per heavy atom. The Kier molecular flexibility index (Phi) is 5.87. The lowest BCUT2D eigenvalue weighted by molar-refractivity contribution is 0.183. The van der Waals surface area contributed by atoms with E-state index in [0.717, 1.165) is 19.8 Å². The van der Waals surface area contributed by atoms with Crippen molar-refractivity contribution in [2.45, 2.75) is 39.2 Å². The second-order valence-electron chi connectivity index (χ2n) is 5.60. The number of nitrogens with one attached hydrogen (secondary N) is 1. The first kappa shape index (κ1) is 14.5. The van der Waals surface area contributed by atoms with Gasteiger partial charge in [-0.25, -0.2) is 0 Å². The van der Waals surface area contributed by atoms with Crippen molar-refractivity contribution in [2.24, 2.45) is 11.8 Å². The molecule has 1 aliphatic rings. The van der Waals surface area contributed by atoms with Gasteiger partial charge in [-0.15, -0.1) is 0 Å². The first-order valence-corrected chi connectivity index (χ1v) is 7.71. The van der Waals surface area contributed by atoms with Crippen LogP contribution in [0.25, 0.3) is 0 Å². The molecule has 0 saturated carbocycles. The van der Waals surface area contributed by atoms with Gasteiger partial charge < -0.3 is 10.1 Å². The molecule has 1 N–H and O–H groups in total. The molecule has 1 aromatic rings. The first-order chi connectivity index (χ1) is 9.35. The van der Waals surface area contributed by atoms with E-state index in [2.05, 4.69) is 49.5 Å². The Labute approximate surface area is 117 Å². The van der Waals surface area contributed by atoms with E-state index in [1.54, 1.807) is 0 Å². The molecule has 2 rings (SSSR count). The molecule has 2 atom stereocenters. The van der Waals surface area contributed by atoms with Crippen LogP contribution < -0.4 is 5.32 Å². The molecule has 0 aromatic heterocycles. The molecular formula is C17H27NO. The second-order valence-corrected chi connectivity index (χ2v) is 5.60. The molecule has 0 bridgehead atoms. The number of benzene rings is 1. The van der Waals surface area contributed by atoms with Crippen LogP contribution in [0.5, 0.6) is 0 Å². The summed E-state index contributed by atoms with van der Waals surface area (Å²) < 4.78 is 5.47. The Bertz CT molecular complexity index is 342. The van der Waals surface area contributed by atoms with Crippen LogP contribution in [0.3, 0.4) is 0 Å². The van der Waals surface area contributed by atoms with E-state index >= 15 is 0 Å². The Morgan fingerprint density at radius 1 is 1.21 bits per heavy atom. The summed E-state index contributed by atoms with van der Waals surface area (Å²) in [6, 6.07) is 11.4. The highest BCUT2D eigenvalue weighted by Gasteiger charge is 2.22. The molecule has 19 heavy (non-hydrogen) atoms. The lowest BCUT2D eigenvalue weighted by Gasteiger charge is -2.28. The lowest BCUT2D eigenvalue weighted by Crippen LogP contribution is -2.32. The second kappa shape index (κ2) is 7.66. The van der Waals surface area contributed by atoms with Gasteiger partial charge in [0.25, 0.3) is 0 Å². The summed E-state index contributed by atoms with van der Waals surface area (Å²) in [5.41, 5.74) is 1.43. The van der Waals surface area contributed by atoms with Gasteiger partial charge in [0.05, 0.1) is 6.61 Å². The van der Waals surface area contributed by atoms with Crippen LogP contribution in [0.1, 0.15) is 44.7 Å². The summed E-state index contributed by atoms with van der Waals surface area (Å²) in [6.07, 6.45) is 3.66. The lowest BCUT2D eigenvalue weighted by atomic mass is 9.88. The molecule has 2 unspecified atom stereocenters. The predicted molar refractivity (Wildman–Crippen MR) is 80.2 cm³/mol. The fourth-order valence-electron chi connectivity index (χ4n) is 3.02. The van der Waals surface area contributed by atoms with Gasteiger partial charge in [-0.3, -0.25) is 0 Å². The van der Waals surface area contributed by atoms with E-state index in [4.69, 9.17) is 4.74 Å². The van der Waals surface area contributed by atoms with E-state index in [-0.39, 0.29) is 0 Å². The Morgan fingerprint density at radius 2 is 1.95 bits per heavy atom. The molecule has 2 heteroatoms. The zero-order valence-electron chi connectivity index (χ0n) is 12.3. The first-order valence-electron chi connectivity index (χ1n) is 7.71. The normalized spacial score (nSPS) is 20.9. The van der Waals surface area contributed by atoms with E-state index in [0.29, 0.717) is 17.9 Å². The summed E-state index contributed by atoms with van der Waals surface area (Å²) in [5, 5.41) is 3.80. The van der Waals surface area contributed by atoms with Crippen molar-refractivity contribution in [3.8, 4) is 0 Å². The molecule has 106 valence electrons. The highest BCUT2D eigenvalue weighted by Crippen LogP contribution is 2.27. The maximum absolute atomic E-state index is 5.47. The van der Waals surface area contributed by atoms with Gasteiger partial charge >= 0.3 is 0 Å². The molecule has 1 saturated heterocycles. The van der Waals surface area contributed by atoms with Crippen LogP contribution in [0.4, 0.5) is 0 Å². The molecule has 1 aromatic carbocycles. The highest BCUT2D eigenvalue weighted by atomic mass is 16.5. The van der Waals surface area contributed by atoms with Gasteiger partial charge in [-0.2, -0.15) is 0 Å². The standard InChI is InChI=1S/C17H27NO/c1-3-15(4-2)17(16-8-6-5-7-9-16)18-12-14-10-11-19-13-14/h5-9,14-15,17-18H,3-4,10-13H2,1-2H3. The van der Waals surface area contributed by atoms with Gasteiger partial charge in [0.1, 0.15) is 0 Å². The third-order valence-electron chi connectivity index (χ3n) is 4.33.